The molecule has 0 amide bonds. The normalized spacial score (nSPS) is 16.9. The molecule has 0 spiro atoms. The molecule has 0 aliphatic carbocycles. The monoisotopic (exact) mass is 274 g/mol. The third-order valence-corrected chi connectivity index (χ3v) is 4.23. The van der Waals surface area contributed by atoms with E-state index in [1.165, 1.54) is 29.0 Å². The van der Waals surface area contributed by atoms with Crippen molar-refractivity contribution in [2.75, 3.05) is 26.2 Å². The fraction of sp³-hybridized carbons (Fsp3) is 0.600. The summed E-state index contributed by atoms with van der Waals surface area (Å²) < 4.78 is 1.21. The van der Waals surface area contributed by atoms with E-state index in [1.54, 1.807) is 0 Å². The SMILES string of the molecule is Brc1csc(CCNCC2CNC2)c1. The van der Waals surface area contributed by atoms with Crippen molar-refractivity contribution in [3.63, 3.8) is 0 Å². The van der Waals surface area contributed by atoms with Crippen LogP contribution in [0.15, 0.2) is 15.9 Å². The van der Waals surface area contributed by atoms with Gasteiger partial charge in [0.25, 0.3) is 0 Å². The molecule has 0 unspecified atom stereocenters. The molecular formula is C10H15BrN2S. The van der Waals surface area contributed by atoms with Gasteiger partial charge in [0.05, 0.1) is 0 Å². The van der Waals surface area contributed by atoms with Gasteiger partial charge in [0.1, 0.15) is 0 Å². The van der Waals surface area contributed by atoms with E-state index >= 15 is 0 Å². The molecule has 4 heteroatoms. The maximum Gasteiger partial charge on any atom is 0.0285 e. The third-order valence-electron chi connectivity index (χ3n) is 2.47. The van der Waals surface area contributed by atoms with E-state index in [-0.39, 0.29) is 0 Å². The van der Waals surface area contributed by atoms with Crippen molar-refractivity contribution in [2.24, 2.45) is 5.92 Å². The fourth-order valence-corrected chi connectivity index (χ4v) is 2.95. The van der Waals surface area contributed by atoms with Crippen molar-refractivity contribution in [3.05, 3.63) is 20.8 Å². The van der Waals surface area contributed by atoms with Crippen molar-refractivity contribution in [1.82, 2.24) is 10.6 Å². The van der Waals surface area contributed by atoms with Gasteiger partial charge in [-0.2, -0.15) is 0 Å². The molecule has 1 aliphatic heterocycles. The Bertz CT molecular complexity index is 283. The summed E-state index contributed by atoms with van der Waals surface area (Å²) in [5.41, 5.74) is 0. The maximum absolute atomic E-state index is 3.50. The highest BCUT2D eigenvalue weighted by molar-refractivity contribution is 9.10. The van der Waals surface area contributed by atoms with Gasteiger partial charge in [-0.05, 0) is 40.9 Å². The summed E-state index contributed by atoms with van der Waals surface area (Å²) in [5, 5.41) is 8.92. The standard InChI is InChI=1S/C10H15BrN2S/c11-9-3-10(14-7-9)1-2-12-4-8-5-13-6-8/h3,7-8,12-13H,1-2,4-6H2. The second-order valence-electron chi connectivity index (χ2n) is 3.71. The Morgan fingerprint density at radius 3 is 3.00 bits per heavy atom. The van der Waals surface area contributed by atoms with Crippen LogP contribution in [-0.4, -0.2) is 26.2 Å². The van der Waals surface area contributed by atoms with Crippen molar-refractivity contribution in [1.29, 1.82) is 0 Å². The molecule has 78 valence electrons. The first-order valence-electron chi connectivity index (χ1n) is 4.99. The molecule has 1 saturated heterocycles. The Kier molecular flexibility index (Phi) is 3.99. The van der Waals surface area contributed by atoms with Crippen LogP contribution >= 0.6 is 27.3 Å². The van der Waals surface area contributed by atoms with E-state index in [4.69, 9.17) is 0 Å². The summed E-state index contributed by atoms with van der Waals surface area (Å²) in [6.07, 6.45) is 1.15. The molecular weight excluding hydrogens is 260 g/mol. The number of halogens is 1. The lowest BCUT2D eigenvalue weighted by molar-refractivity contribution is 0.333. The van der Waals surface area contributed by atoms with Gasteiger partial charge in [-0.1, -0.05) is 0 Å². The smallest absolute Gasteiger partial charge is 0.0285 e. The minimum Gasteiger partial charge on any atom is -0.316 e. The van der Waals surface area contributed by atoms with Gasteiger partial charge < -0.3 is 10.6 Å². The molecule has 0 saturated carbocycles. The molecule has 1 aromatic rings. The summed E-state index contributed by atoms with van der Waals surface area (Å²) in [6.45, 7) is 4.65. The lowest BCUT2D eigenvalue weighted by Gasteiger charge is -2.27. The zero-order valence-electron chi connectivity index (χ0n) is 8.05. The highest BCUT2D eigenvalue weighted by atomic mass is 79.9. The zero-order valence-corrected chi connectivity index (χ0v) is 10.5. The van der Waals surface area contributed by atoms with Crippen molar-refractivity contribution in [2.45, 2.75) is 6.42 Å². The van der Waals surface area contributed by atoms with Crippen LogP contribution in [0, 0.1) is 5.92 Å². The van der Waals surface area contributed by atoms with E-state index in [0.717, 1.165) is 18.9 Å². The molecule has 2 rings (SSSR count). The molecule has 0 atom stereocenters. The number of nitrogens with one attached hydrogen (secondary N) is 2. The summed E-state index contributed by atoms with van der Waals surface area (Å²) in [7, 11) is 0. The topological polar surface area (TPSA) is 24.1 Å². The predicted molar refractivity (Wildman–Crippen MR) is 65.0 cm³/mol. The summed E-state index contributed by atoms with van der Waals surface area (Å²) in [4.78, 5) is 1.45. The van der Waals surface area contributed by atoms with Crippen LogP contribution in [0.5, 0.6) is 0 Å². The van der Waals surface area contributed by atoms with Gasteiger partial charge in [-0.25, -0.2) is 0 Å². The largest absolute Gasteiger partial charge is 0.316 e. The van der Waals surface area contributed by atoms with E-state index in [2.05, 4.69) is 38.0 Å². The van der Waals surface area contributed by atoms with Gasteiger partial charge in [0, 0.05) is 34.4 Å². The summed E-state index contributed by atoms with van der Waals surface area (Å²) >= 11 is 5.30. The number of hydrogen-bond donors (Lipinski definition) is 2. The van der Waals surface area contributed by atoms with Crippen LogP contribution in [0.4, 0.5) is 0 Å². The van der Waals surface area contributed by atoms with Crippen LogP contribution in [0.1, 0.15) is 4.88 Å². The molecule has 1 fully saturated rings. The highest BCUT2D eigenvalue weighted by Crippen LogP contribution is 2.19. The Balaban J connectivity index is 1.58. The zero-order chi connectivity index (χ0) is 9.80. The van der Waals surface area contributed by atoms with Gasteiger partial charge in [-0.15, -0.1) is 11.3 Å². The highest BCUT2D eigenvalue weighted by Gasteiger charge is 2.15. The molecule has 14 heavy (non-hydrogen) atoms. The molecule has 1 aliphatic rings. The molecule has 1 aromatic heterocycles. The van der Waals surface area contributed by atoms with Gasteiger partial charge in [-0.3, -0.25) is 0 Å². The second kappa shape index (κ2) is 5.26. The minimum atomic E-state index is 0.866. The molecule has 2 heterocycles. The average molecular weight is 275 g/mol. The Morgan fingerprint density at radius 2 is 2.43 bits per heavy atom. The van der Waals surface area contributed by atoms with Crippen molar-refractivity contribution < 1.29 is 0 Å². The minimum absolute atomic E-state index is 0.866. The first-order valence-corrected chi connectivity index (χ1v) is 6.66. The van der Waals surface area contributed by atoms with Crippen molar-refractivity contribution >= 4 is 27.3 Å². The van der Waals surface area contributed by atoms with Crippen LogP contribution in [0.3, 0.4) is 0 Å². The van der Waals surface area contributed by atoms with E-state index < -0.39 is 0 Å². The average Bonchev–Trinajstić information content (AvgIpc) is 2.48. The summed E-state index contributed by atoms with van der Waals surface area (Å²) in [6, 6.07) is 2.21. The van der Waals surface area contributed by atoms with E-state index in [0.29, 0.717) is 0 Å². The number of rotatable bonds is 5. The Morgan fingerprint density at radius 1 is 1.57 bits per heavy atom. The lowest BCUT2D eigenvalue weighted by atomic mass is 10.0. The van der Waals surface area contributed by atoms with Gasteiger partial charge >= 0.3 is 0 Å². The third kappa shape index (κ3) is 3.05. The first kappa shape index (κ1) is 10.6. The first-order chi connectivity index (χ1) is 6.84. The van der Waals surface area contributed by atoms with E-state index in [9.17, 15) is 0 Å². The Hall–Kier alpha value is 0.1000. The van der Waals surface area contributed by atoms with Crippen LogP contribution in [0.2, 0.25) is 0 Å². The van der Waals surface area contributed by atoms with Gasteiger partial charge in [0.15, 0.2) is 0 Å². The van der Waals surface area contributed by atoms with Crippen LogP contribution in [-0.2, 0) is 6.42 Å². The quantitative estimate of drug-likeness (QED) is 0.802. The Labute approximate surface area is 97.2 Å². The number of hydrogen-bond acceptors (Lipinski definition) is 3. The fourth-order valence-electron chi connectivity index (χ4n) is 1.50. The van der Waals surface area contributed by atoms with Crippen LogP contribution in [0.25, 0.3) is 0 Å². The van der Waals surface area contributed by atoms with Gasteiger partial charge in [0.2, 0.25) is 0 Å². The number of thiophene rings is 1. The molecule has 2 N–H and O–H groups in total. The summed E-state index contributed by atoms with van der Waals surface area (Å²) in [5.74, 6) is 0.866. The maximum atomic E-state index is 3.50. The van der Waals surface area contributed by atoms with Crippen molar-refractivity contribution in [3.8, 4) is 0 Å². The van der Waals surface area contributed by atoms with Crippen LogP contribution < -0.4 is 10.6 Å². The lowest BCUT2D eigenvalue weighted by Crippen LogP contribution is -2.47. The molecule has 0 aromatic carbocycles. The van der Waals surface area contributed by atoms with E-state index in [1.807, 2.05) is 11.3 Å². The predicted octanol–water partition coefficient (Wildman–Crippen LogP) is 1.86. The molecule has 0 bridgehead atoms. The second-order valence-corrected chi connectivity index (χ2v) is 5.62. The molecule has 0 radical (unpaired) electrons. The molecule has 2 nitrogen and oxygen atoms in total.